The van der Waals surface area contributed by atoms with E-state index >= 15 is 0 Å². The molecule has 98 valence electrons. The number of hydrogen-bond donors (Lipinski definition) is 2. The van der Waals surface area contributed by atoms with Gasteiger partial charge in [0.2, 0.25) is 0 Å². The van der Waals surface area contributed by atoms with Crippen LogP contribution in [0, 0.1) is 19.8 Å². The van der Waals surface area contributed by atoms with Crippen LogP contribution in [0.25, 0.3) is 0 Å². The number of rotatable bonds is 4. The van der Waals surface area contributed by atoms with Gasteiger partial charge in [0.05, 0.1) is 5.54 Å². The first-order chi connectivity index (χ1) is 8.46. The zero-order valence-corrected chi connectivity index (χ0v) is 11.4. The summed E-state index contributed by atoms with van der Waals surface area (Å²) in [5, 5.41) is 3.13. The maximum atomic E-state index is 12.4. The molecule has 0 aliphatic heterocycles. The first kappa shape index (κ1) is 13.1. The summed E-state index contributed by atoms with van der Waals surface area (Å²) >= 11 is 0. The van der Waals surface area contributed by atoms with Gasteiger partial charge in [0.15, 0.2) is 0 Å². The highest BCUT2D eigenvalue weighted by atomic mass is 16.1. The van der Waals surface area contributed by atoms with Crippen LogP contribution >= 0.6 is 0 Å². The van der Waals surface area contributed by atoms with Gasteiger partial charge in [-0.3, -0.25) is 4.79 Å². The molecule has 0 saturated heterocycles. The molecule has 1 saturated carbocycles. The Bertz CT molecular complexity index is 466. The molecule has 3 N–H and O–H groups in total. The molecule has 1 atom stereocenters. The lowest BCUT2D eigenvalue weighted by atomic mass is 9.94. The maximum Gasteiger partial charge on any atom is 0.252 e. The van der Waals surface area contributed by atoms with Crippen molar-refractivity contribution in [2.75, 3.05) is 6.54 Å². The van der Waals surface area contributed by atoms with Crippen molar-refractivity contribution in [3.8, 4) is 0 Å². The van der Waals surface area contributed by atoms with Crippen molar-refractivity contribution in [3.05, 3.63) is 34.9 Å². The van der Waals surface area contributed by atoms with Crippen molar-refractivity contribution in [1.82, 2.24) is 5.32 Å². The third kappa shape index (κ3) is 2.56. The van der Waals surface area contributed by atoms with Crippen molar-refractivity contribution in [2.24, 2.45) is 11.7 Å². The van der Waals surface area contributed by atoms with E-state index in [0.717, 1.165) is 16.7 Å². The first-order valence-corrected chi connectivity index (χ1v) is 6.56. The van der Waals surface area contributed by atoms with Gasteiger partial charge in [-0.1, -0.05) is 17.7 Å². The number of benzene rings is 1. The van der Waals surface area contributed by atoms with Crippen LogP contribution in [0.4, 0.5) is 0 Å². The highest BCUT2D eigenvalue weighted by Crippen LogP contribution is 2.39. The largest absolute Gasteiger partial charge is 0.345 e. The van der Waals surface area contributed by atoms with Crippen LogP contribution < -0.4 is 11.1 Å². The molecule has 1 aliphatic rings. The second-order valence-corrected chi connectivity index (χ2v) is 5.67. The van der Waals surface area contributed by atoms with Gasteiger partial charge in [0.25, 0.3) is 5.91 Å². The number of carbonyl (C=O) groups excluding carboxylic acids is 1. The molecule has 0 aromatic heterocycles. The minimum absolute atomic E-state index is 0.00366. The molecule has 0 bridgehead atoms. The zero-order chi connectivity index (χ0) is 13.3. The maximum absolute atomic E-state index is 12.4. The Balaban J connectivity index is 2.18. The van der Waals surface area contributed by atoms with Crippen LogP contribution in [-0.2, 0) is 0 Å². The van der Waals surface area contributed by atoms with E-state index < -0.39 is 0 Å². The summed E-state index contributed by atoms with van der Waals surface area (Å²) in [6.45, 7) is 6.51. The fraction of sp³-hybridized carbons (Fsp3) is 0.533. The van der Waals surface area contributed by atoms with E-state index in [9.17, 15) is 4.79 Å². The van der Waals surface area contributed by atoms with Crippen molar-refractivity contribution < 1.29 is 4.79 Å². The molecule has 1 aromatic carbocycles. The predicted octanol–water partition coefficient (Wildman–Crippen LogP) is 2.16. The molecule has 1 fully saturated rings. The molecule has 0 heterocycles. The zero-order valence-electron chi connectivity index (χ0n) is 11.4. The minimum atomic E-state index is -0.257. The lowest BCUT2D eigenvalue weighted by molar-refractivity contribution is 0.0897. The van der Waals surface area contributed by atoms with Gasteiger partial charge < -0.3 is 11.1 Å². The van der Waals surface area contributed by atoms with Crippen LogP contribution in [0.3, 0.4) is 0 Å². The van der Waals surface area contributed by atoms with Crippen molar-refractivity contribution in [1.29, 1.82) is 0 Å². The molecular formula is C15H22N2O. The second-order valence-electron chi connectivity index (χ2n) is 5.67. The fourth-order valence-electron chi connectivity index (χ4n) is 2.35. The number of nitrogens with two attached hydrogens (primary N) is 1. The Morgan fingerprint density at radius 1 is 1.44 bits per heavy atom. The quantitative estimate of drug-likeness (QED) is 0.855. The van der Waals surface area contributed by atoms with Crippen LogP contribution in [0.5, 0.6) is 0 Å². The van der Waals surface area contributed by atoms with Gasteiger partial charge in [-0.15, -0.1) is 0 Å². The molecule has 0 radical (unpaired) electrons. The molecule has 0 spiro atoms. The average Bonchev–Trinajstić information content (AvgIpc) is 3.16. The predicted molar refractivity (Wildman–Crippen MR) is 73.6 cm³/mol. The van der Waals surface area contributed by atoms with Gasteiger partial charge >= 0.3 is 0 Å². The molecule has 1 aromatic rings. The van der Waals surface area contributed by atoms with Crippen LogP contribution in [-0.4, -0.2) is 18.0 Å². The molecule has 1 amide bonds. The highest BCUT2D eigenvalue weighted by molar-refractivity contribution is 5.96. The Hall–Kier alpha value is -1.35. The summed E-state index contributed by atoms with van der Waals surface area (Å²) in [6.07, 6.45) is 2.33. The summed E-state index contributed by atoms with van der Waals surface area (Å²) in [5.74, 6) is 0.535. The number of aryl methyl sites for hydroxylation is 2. The number of amides is 1. The van der Waals surface area contributed by atoms with E-state index in [4.69, 9.17) is 5.73 Å². The lowest BCUT2D eigenvalue weighted by Gasteiger charge is -2.29. The minimum Gasteiger partial charge on any atom is -0.345 e. The lowest BCUT2D eigenvalue weighted by Crippen LogP contribution is -2.53. The van der Waals surface area contributed by atoms with E-state index in [0.29, 0.717) is 12.5 Å². The average molecular weight is 246 g/mol. The molecular weight excluding hydrogens is 224 g/mol. The third-order valence-electron chi connectivity index (χ3n) is 3.94. The Labute approximate surface area is 109 Å². The number of carbonyl (C=O) groups is 1. The first-order valence-electron chi connectivity index (χ1n) is 6.56. The van der Waals surface area contributed by atoms with Crippen LogP contribution in [0.2, 0.25) is 0 Å². The molecule has 1 aliphatic carbocycles. The molecule has 3 heteroatoms. The van der Waals surface area contributed by atoms with E-state index in [1.54, 1.807) is 0 Å². The normalized spacial score (nSPS) is 18.2. The van der Waals surface area contributed by atoms with Crippen molar-refractivity contribution >= 4 is 5.91 Å². The summed E-state index contributed by atoms with van der Waals surface area (Å²) in [4.78, 5) is 12.4. The topological polar surface area (TPSA) is 55.1 Å². The van der Waals surface area contributed by atoms with Gasteiger partial charge in [-0.05, 0) is 51.2 Å². The van der Waals surface area contributed by atoms with E-state index in [2.05, 4.69) is 5.32 Å². The van der Waals surface area contributed by atoms with Gasteiger partial charge in [-0.2, -0.15) is 0 Å². The van der Waals surface area contributed by atoms with Gasteiger partial charge in [-0.25, -0.2) is 0 Å². The SMILES string of the molecule is Cc1ccc(C)c(C(=O)NC(C)(CN)C2CC2)c1. The Kier molecular flexibility index (Phi) is 3.44. The number of hydrogen-bond acceptors (Lipinski definition) is 2. The molecule has 18 heavy (non-hydrogen) atoms. The number of nitrogens with one attached hydrogen (secondary N) is 1. The van der Waals surface area contributed by atoms with Crippen molar-refractivity contribution in [3.63, 3.8) is 0 Å². The van der Waals surface area contributed by atoms with E-state index in [-0.39, 0.29) is 11.4 Å². The van der Waals surface area contributed by atoms with E-state index in [1.165, 1.54) is 12.8 Å². The smallest absolute Gasteiger partial charge is 0.252 e. The second kappa shape index (κ2) is 4.73. The highest BCUT2D eigenvalue weighted by Gasteiger charge is 2.41. The van der Waals surface area contributed by atoms with Crippen LogP contribution in [0.15, 0.2) is 18.2 Å². The summed E-state index contributed by atoms with van der Waals surface area (Å²) in [6, 6.07) is 5.95. The van der Waals surface area contributed by atoms with Crippen LogP contribution in [0.1, 0.15) is 41.3 Å². The van der Waals surface area contributed by atoms with Gasteiger partial charge in [0, 0.05) is 12.1 Å². The molecule has 1 unspecified atom stereocenters. The Morgan fingerprint density at radius 2 is 2.11 bits per heavy atom. The Morgan fingerprint density at radius 3 is 2.67 bits per heavy atom. The summed E-state index contributed by atoms with van der Waals surface area (Å²) in [5.41, 5.74) is 8.44. The standard InChI is InChI=1S/C15H22N2O/c1-10-4-5-11(2)13(8-10)14(18)17-15(3,9-16)12-6-7-12/h4-5,8,12H,6-7,9,16H2,1-3H3,(H,17,18). The third-order valence-corrected chi connectivity index (χ3v) is 3.94. The fourth-order valence-corrected chi connectivity index (χ4v) is 2.35. The summed E-state index contributed by atoms with van der Waals surface area (Å²) in [7, 11) is 0. The van der Waals surface area contributed by atoms with E-state index in [1.807, 2.05) is 39.0 Å². The van der Waals surface area contributed by atoms with Gasteiger partial charge in [0.1, 0.15) is 0 Å². The monoisotopic (exact) mass is 246 g/mol. The molecule has 3 nitrogen and oxygen atoms in total. The van der Waals surface area contributed by atoms with Crippen molar-refractivity contribution in [2.45, 2.75) is 39.2 Å². The molecule has 2 rings (SSSR count). The summed E-state index contributed by atoms with van der Waals surface area (Å²) < 4.78 is 0.